The molecule has 2 aromatic heterocycles. The third-order valence-electron chi connectivity index (χ3n) is 7.28. The quantitative estimate of drug-likeness (QED) is 0.384. The first-order valence-corrected chi connectivity index (χ1v) is 14.6. The van der Waals surface area contributed by atoms with Gasteiger partial charge in [0, 0.05) is 50.1 Å². The average Bonchev–Trinajstić information content (AvgIpc) is 3.20. The number of hydrogen-bond acceptors (Lipinski definition) is 7. The number of anilines is 1. The van der Waals surface area contributed by atoms with E-state index in [9.17, 15) is 17.6 Å². The van der Waals surface area contributed by atoms with Crippen molar-refractivity contribution < 1.29 is 17.5 Å². The standard InChI is InChI=1S/C27H28FN5O4S/c1-18(28)37-25-7-3-2-5-21(25)23-6-4-10-32-26(34)22-9-8-19(15-24(22)33(23)32)20-16-29-27(30-17-20)31-11-13-38(35,36)14-12-31/h2-3,5,7-9,15-18,23H,4,6,10-14H2,1H3. The van der Waals surface area contributed by atoms with Gasteiger partial charge in [0.2, 0.25) is 12.3 Å². The summed E-state index contributed by atoms with van der Waals surface area (Å²) in [5, 5.41) is 0.616. The van der Waals surface area contributed by atoms with Gasteiger partial charge in [-0.05, 0) is 36.6 Å². The Hall–Kier alpha value is -3.73. The van der Waals surface area contributed by atoms with Crippen molar-refractivity contribution in [2.45, 2.75) is 38.7 Å². The summed E-state index contributed by atoms with van der Waals surface area (Å²) in [6.45, 7) is 2.71. The summed E-state index contributed by atoms with van der Waals surface area (Å²) < 4.78 is 46.5. The zero-order chi connectivity index (χ0) is 26.4. The lowest BCUT2D eigenvalue weighted by Crippen LogP contribution is -2.41. The summed E-state index contributed by atoms with van der Waals surface area (Å²) in [5.74, 6) is 1.17. The Morgan fingerprint density at radius 2 is 1.76 bits per heavy atom. The van der Waals surface area contributed by atoms with Gasteiger partial charge in [0.05, 0.1) is 28.5 Å². The highest BCUT2D eigenvalue weighted by atomic mass is 32.2. The zero-order valence-corrected chi connectivity index (χ0v) is 21.8. The van der Waals surface area contributed by atoms with Gasteiger partial charge in [-0.1, -0.05) is 24.3 Å². The molecule has 38 heavy (non-hydrogen) atoms. The molecule has 6 rings (SSSR count). The molecule has 198 valence electrons. The van der Waals surface area contributed by atoms with E-state index in [1.54, 1.807) is 23.1 Å². The predicted octanol–water partition coefficient (Wildman–Crippen LogP) is 3.57. The molecule has 2 atom stereocenters. The van der Waals surface area contributed by atoms with Crippen molar-refractivity contribution in [3.05, 3.63) is 70.8 Å². The monoisotopic (exact) mass is 537 g/mol. The lowest BCUT2D eigenvalue weighted by Gasteiger charge is -2.29. The minimum atomic E-state index is -2.99. The maximum Gasteiger partial charge on any atom is 0.274 e. The molecular weight excluding hydrogens is 509 g/mol. The molecule has 2 aromatic carbocycles. The Morgan fingerprint density at radius 3 is 2.50 bits per heavy atom. The van der Waals surface area contributed by atoms with Gasteiger partial charge in [0.1, 0.15) is 5.75 Å². The smallest absolute Gasteiger partial charge is 0.274 e. The number of para-hydroxylation sites is 1. The molecule has 0 saturated carbocycles. The zero-order valence-electron chi connectivity index (χ0n) is 21.0. The summed E-state index contributed by atoms with van der Waals surface area (Å²) in [4.78, 5) is 24.2. The normalized spacial score (nSPS) is 19.7. The Kier molecular flexibility index (Phi) is 6.17. The number of rotatable bonds is 5. The molecule has 0 aliphatic carbocycles. The number of halogens is 1. The topological polar surface area (TPSA) is 99.3 Å². The third-order valence-corrected chi connectivity index (χ3v) is 8.89. The highest BCUT2D eigenvalue weighted by Gasteiger charge is 2.28. The van der Waals surface area contributed by atoms with E-state index in [1.165, 1.54) is 6.92 Å². The molecule has 1 saturated heterocycles. The van der Waals surface area contributed by atoms with Crippen LogP contribution in [0.1, 0.15) is 31.4 Å². The number of hydrogen-bond donors (Lipinski definition) is 0. The van der Waals surface area contributed by atoms with Gasteiger partial charge < -0.3 is 9.64 Å². The molecule has 9 nitrogen and oxygen atoms in total. The Morgan fingerprint density at radius 1 is 1.03 bits per heavy atom. The van der Waals surface area contributed by atoms with Gasteiger partial charge in [0.25, 0.3) is 5.56 Å². The van der Waals surface area contributed by atoms with Gasteiger partial charge in [-0.2, -0.15) is 0 Å². The van der Waals surface area contributed by atoms with Gasteiger partial charge >= 0.3 is 0 Å². The average molecular weight is 538 g/mol. The van der Waals surface area contributed by atoms with Crippen LogP contribution in [0, 0.1) is 0 Å². The van der Waals surface area contributed by atoms with E-state index in [1.807, 2.05) is 46.0 Å². The van der Waals surface area contributed by atoms with Gasteiger partial charge in [-0.15, -0.1) is 0 Å². The minimum absolute atomic E-state index is 0.0554. The number of sulfone groups is 1. The van der Waals surface area contributed by atoms with Crippen LogP contribution in [0.2, 0.25) is 0 Å². The molecule has 2 aliphatic rings. The van der Waals surface area contributed by atoms with Crippen molar-refractivity contribution in [2.24, 2.45) is 0 Å². The van der Waals surface area contributed by atoms with Crippen LogP contribution in [-0.2, 0) is 16.4 Å². The summed E-state index contributed by atoms with van der Waals surface area (Å²) in [6.07, 6.45) is 3.60. The first-order valence-electron chi connectivity index (χ1n) is 12.7. The highest BCUT2D eigenvalue weighted by Crippen LogP contribution is 2.37. The highest BCUT2D eigenvalue weighted by molar-refractivity contribution is 7.91. The van der Waals surface area contributed by atoms with E-state index in [2.05, 4.69) is 9.97 Å². The fourth-order valence-electron chi connectivity index (χ4n) is 5.42. The van der Waals surface area contributed by atoms with Gasteiger partial charge in [-0.25, -0.2) is 27.5 Å². The van der Waals surface area contributed by atoms with Crippen molar-refractivity contribution in [2.75, 3.05) is 29.5 Å². The Bertz CT molecular complexity index is 1650. The summed E-state index contributed by atoms with van der Waals surface area (Å²) in [6, 6.07) is 12.9. The largest absolute Gasteiger partial charge is 0.460 e. The van der Waals surface area contributed by atoms with E-state index in [0.717, 1.165) is 35.0 Å². The van der Waals surface area contributed by atoms with Crippen LogP contribution < -0.4 is 15.2 Å². The van der Waals surface area contributed by atoms with E-state index in [-0.39, 0.29) is 23.1 Å². The number of benzene rings is 2. The van der Waals surface area contributed by atoms with Crippen molar-refractivity contribution in [1.29, 1.82) is 0 Å². The number of alkyl halides is 1. The summed E-state index contributed by atoms with van der Waals surface area (Å²) in [5.41, 5.74) is 3.21. The minimum Gasteiger partial charge on any atom is -0.460 e. The Labute approximate surface area is 219 Å². The molecule has 2 unspecified atom stereocenters. The second kappa shape index (κ2) is 9.54. The summed E-state index contributed by atoms with van der Waals surface area (Å²) in [7, 11) is -2.99. The molecule has 0 spiro atoms. The molecule has 1 fully saturated rings. The number of ether oxygens (including phenoxy) is 1. The third kappa shape index (κ3) is 4.44. The molecule has 0 amide bonds. The van der Waals surface area contributed by atoms with Crippen molar-refractivity contribution >= 4 is 26.7 Å². The second-order valence-corrected chi connectivity index (χ2v) is 12.1. The van der Waals surface area contributed by atoms with Crippen molar-refractivity contribution in [1.82, 2.24) is 19.3 Å². The van der Waals surface area contributed by atoms with Gasteiger partial charge in [-0.3, -0.25) is 9.48 Å². The number of aromatic nitrogens is 4. The predicted molar refractivity (Wildman–Crippen MR) is 143 cm³/mol. The summed E-state index contributed by atoms with van der Waals surface area (Å²) >= 11 is 0. The molecular formula is C27H28FN5O4S. The van der Waals surface area contributed by atoms with E-state index >= 15 is 0 Å². The molecule has 0 N–H and O–H groups in total. The molecule has 4 aromatic rings. The fraction of sp³-hybridized carbons (Fsp3) is 0.370. The number of nitrogens with zero attached hydrogens (tertiary/aromatic N) is 5. The second-order valence-electron chi connectivity index (χ2n) is 9.77. The van der Waals surface area contributed by atoms with E-state index in [0.29, 0.717) is 36.7 Å². The van der Waals surface area contributed by atoms with Crippen LogP contribution in [0.3, 0.4) is 0 Å². The maximum absolute atomic E-state index is 13.8. The van der Waals surface area contributed by atoms with Gasteiger partial charge in [0.15, 0.2) is 9.84 Å². The van der Waals surface area contributed by atoms with Crippen LogP contribution in [0.25, 0.3) is 22.0 Å². The van der Waals surface area contributed by atoms with Crippen LogP contribution in [0.15, 0.2) is 59.7 Å². The lowest BCUT2D eigenvalue weighted by atomic mass is 9.99. The first kappa shape index (κ1) is 24.6. The molecule has 2 aliphatic heterocycles. The van der Waals surface area contributed by atoms with Crippen LogP contribution in [0.4, 0.5) is 10.3 Å². The fourth-order valence-corrected chi connectivity index (χ4v) is 6.62. The number of fused-ring (bicyclic) bond motifs is 3. The maximum atomic E-state index is 13.8. The van der Waals surface area contributed by atoms with Crippen molar-refractivity contribution in [3.63, 3.8) is 0 Å². The lowest BCUT2D eigenvalue weighted by molar-refractivity contribution is 0.0837. The van der Waals surface area contributed by atoms with Crippen LogP contribution in [-0.4, -0.2) is 58.7 Å². The Balaban J connectivity index is 1.38. The van der Waals surface area contributed by atoms with Crippen LogP contribution >= 0.6 is 0 Å². The van der Waals surface area contributed by atoms with Crippen LogP contribution in [0.5, 0.6) is 5.75 Å². The first-order chi connectivity index (χ1) is 18.3. The van der Waals surface area contributed by atoms with Crippen molar-refractivity contribution in [3.8, 4) is 16.9 Å². The SMILES string of the molecule is CC(F)Oc1ccccc1C1CCCn2c(=O)c3ccc(-c4cnc(N5CCS(=O)(=O)CC5)nc4)cc3n21. The van der Waals surface area contributed by atoms with E-state index < -0.39 is 16.2 Å². The molecule has 0 radical (unpaired) electrons. The molecule has 11 heteroatoms. The van der Waals surface area contributed by atoms with E-state index in [4.69, 9.17) is 4.74 Å². The molecule has 4 heterocycles. The molecule has 0 bridgehead atoms.